The second kappa shape index (κ2) is 17.6. The van der Waals surface area contributed by atoms with Crippen LogP contribution in [0.3, 0.4) is 0 Å². The lowest BCUT2D eigenvalue weighted by molar-refractivity contribution is -0.140. The van der Waals surface area contributed by atoms with E-state index in [2.05, 4.69) is 32.6 Å². The van der Waals surface area contributed by atoms with E-state index >= 15 is 0 Å². The van der Waals surface area contributed by atoms with E-state index in [4.69, 9.17) is 4.74 Å². The zero-order valence-electron chi connectivity index (χ0n) is 18.9. The zero-order valence-corrected chi connectivity index (χ0v) is 21.3. The number of unbranched alkanes of at least 4 members (excludes halogenated alkanes) is 2. The molecule has 0 rings (SSSR count). The minimum atomic E-state index is -0.517. The number of ether oxygens (including phenoxy) is 2. The fourth-order valence-corrected chi connectivity index (χ4v) is 2.38. The maximum Gasteiger partial charge on any atom is 0.407 e. The summed E-state index contributed by atoms with van der Waals surface area (Å²) in [6.07, 6.45) is 4.59. The first kappa shape index (κ1) is 29.9. The number of halogens is 1. The van der Waals surface area contributed by atoms with E-state index < -0.39 is 11.7 Å². The van der Waals surface area contributed by atoms with Gasteiger partial charge < -0.3 is 25.4 Å². The normalized spacial score (nSPS) is 12.4. The Labute approximate surface area is 193 Å². The van der Waals surface area contributed by atoms with Crippen LogP contribution < -0.4 is 16.0 Å². The molecule has 0 radical (unpaired) electrons. The Bertz CT molecular complexity index is 482. The summed E-state index contributed by atoms with van der Waals surface area (Å²) in [6.45, 7) is 11.5. The second-order valence-corrected chi connectivity index (χ2v) is 7.66. The van der Waals surface area contributed by atoms with Gasteiger partial charge in [0.05, 0.1) is 7.11 Å². The van der Waals surface area contributed by atoms with Crippen molar-refractivity contribution in [3.63, 3.8) is 0 Å². The number of alkyl carbamates (subject to hydrolysis) is 1. The van der Waals surface area contributed by atoms with Gasteiger partial charge in [0.1, 0.15) is 5.60 Å². The SMILES string of the molecule is CCCCC(CNC(=O)OC(C)(C)C)NC(=NCCCCC(=O)OC)NCC.I. The number of nitrogens with zero attached hydrogens (tertiary/aromatic N) is 1. The first-order chi connectivity index (χ1) is 13.2. The van der Waals surface area contributed by atoms with Gasteiger partial charge in [0.15, 0.2) is 5.96 Å². The van der Waals surface area contributed by atoms with E-state index in [9.17, 15) is 9.59 Å². The Morgan fingerprint density at radius 2 is 1.76 bits per heavy atom. The summed E-state index contributed by atoms with van der Waals surface area (Å²) in [5, 5.41) is 9.46. The lowest BCUT2D eigenvalue weighted by atomic mass is 10.1. The first-order valence-corrected chi connectivity index (χ1v) is 10.3. The molecule has 0 aliphatic carbocycles. The molecule has 1 atom stereocenters. The van der Waals surface area contributed by atoms with Gasteiger partial charge >= 0.3 is 12.1 Å². The van der Waals surface area contributed by atoms with Gasteiger partial charge in [-0.25, -0.2) is 4.79 Å². The number of rotatable bonds is 12. The average molecular weight is 528 g/mol. The summed E-state index contributed by atoms with van der Waals surface area (Å²) < 4.78 is 9.94. The molecule has 0 heterocycles. The minimum absolute atomic E-state index is 0. The molecule has 0 bridgehead atoms. The summed E-state index contributed by atoms with van der Waals surface area (Å²) in [6, 6.07) is 0.0559. The highest BCUT2D eigenvalue weighted by atomic mass is 127. The molecule has 0 aromatic heterocycles. The Hall–Kier alpha value is -1.26. The summed E-state index contributed by atoms with van der Waals surface area (Å²) in [5.74, 6) is 0.523. The van der Waals surface area contributed by atoms with Crippen LogP contribution in [-0.4, -0.2) is 56.4 Å². The van der Waals surface area contributed by atoms with E-state index in [1.54, 1.807) is 0 Å². The second-order valence-electron chi connectivity index (χ2n) is 7.66. The molecule has 1 amide bonds. The predicted octanol–water partition coefficient (Wildman–Crippen LogP) is 3.59. The third-order valence-electron chi connectivity index (χ3n) is 3.77. The number of nitrogens with one attached hydrogen (secondary N) is 3. The first-order valence-electron chi connectivity index (χ1n) is 10.3. The molecule has 0 aromatic carbocycles. The predicted molar refractivity (Wildman–Crippen MR) is 128 cm³/mol. The van der Waals surface area contributed by atoms with E-state index in [0.717, 1.165) is 38.6 Å². The fraction of sp³-hybridized carbons (Fsp3) is 0.850. The molecular weight excluding hydrogens is 487 g/mol. The molecule has 0 saturated carbocycles. The highest BCUT2D eigenvalue weighted by molar-refractivity contribution is 14.0. The molecule has 3 N–H and O–H groups in total. The summed E-state index contributed by atoms with van der Waals surface area (Å²) in [5.41, 5.74) is -0.517. The van der Waals surface area contributed by atoms with Crippen LogP contribution in [0.1, 0.15) is 73.1 Å². The Kier molecular flexibility index (Phi) is 18.2. The Morgan fingerprint density at radius 3 is 2.31 bits per heavy atom. The minimum Gasteiger partial charge on any atom is -0.469 e. The van der Waals surface area contributed by atoms with Crippen LogP contribution >= 0.6 is 24.0 Å². The van der Waals surface area contributed by atoms with Crippen molar-refractivity contribution < 1.29 is 19.1 Å². The molecule has 9 heteroatoms. The quantitative estimate of drug-likeness (QED) is 0.118. The van der Waals surface area contributed by atoms with Gasteiger partial charge in [-0.3, -0.25) is 9.79 Å². The van der Waals surface area contributed by atoms with Gasteiger partial charge in [0.2, 0.25) is 0 Å². The number of methoxy groups -OCH3 is 1. The number of hydrogen-bond donors (Lipinski definition) is 3. The Morgan fingerprint density at radius 1 is 1.07 bits per heavy atom. The smallest absolute Gasteiger partial charge is 0.407 e. The number of carbonyl (C=O) groups is 2. The number of carbonyl (C=O) groups excluding carboxylic acids is 2. The molecule has 0 aliphatic heterocycles. The highest BCUT2D eigenvalue weighted by Crippen LogP contribution is 2.07. The fourth-order valence-electron chi connectivity index (χ4n) is 2.38. The van der Waals surface area contributed by atoms with Crippen molar-refractivity contribution in [2.24, 2.45) is 4.99 Å². The maximum atomic E-state index is 11.9. The monoisotopic (exact) mass is 528 g/mol. The van der Waals surface area contributed by atoms with Crippen molar-refractivity contribution >= 4 is 42.0 Å². The molecule has 1 unspecified atom stereocenters. The van der Waals surface area contributed by atoms with E-state index in [1.165, 1.54) is 7.11 Å². The van der Waals surface area contributed by atoms with Crippen molar-refractivity contribution in [1.82, 2.24) is 16.0 Å². The maximum absolute atomic E-state index is 11.9. The lowest BCUT2D eigenvalue weighted by Crippen LogP contribution is -2.49. The molecule has 0 fully saturated rings. The Balaban J connectivity index is 0. The molecule has 0 aliphatic rings. The number of amides is 1. The van der Waals surface area contributed by atoms with Crippen LogP contribution in [0.2, 0.25) is 0 Å². The number of guanidine groups is 1. The lowest BCUT2D eigenvalue weighted by Gasteiger charge is -2.24. The molecule has 0 spiro atoms. The van der Waals surface area contributed by atoms with Crippen molar-refractivity contribution in [2.75, 3.05) is 26.7 Å². The van der Waals surface area contributed by atoms with Crippen LogP contribution in [0.25, 0.3) is 0 Å². The number of hydrogen-bond acceptors (Lipinski definition) is 5. The van der Waals surface area contributed by atoms with Gasteiger partial charge in [-0.05, 0) is 47.0 Å². The van der Waals surface area contributed by atoms with E-state index in [-0.39, 0.29) is 36.0 Å². The van der Waals surface area contributed by atoms with Crippen LogP contribution in [0, 0.1) is 0 Å². The third-order valence-corrected chi connectivity index (χ3v) is 3.77. The average Bonchev–Trinajstić information content (AvgIpc) is 2.61. The van der Waals surface area contributed by atoms with Gasteiger partial charge in [0, 0.05) is 32.1 Å². The summed E-state index contributed by atoms with van der Waals surface area (Å²) in [4.78, 5) is 27.6. The van der Waals surface area contributed by atoms with Crippen molar-refractivity contribution in [3.8, 4) is 0 Å². The molecule has 0 saturated heterocycles. The molecule has 172 valence electrons. The summed E-state index contributed by atoms with van der Waals surface area (Å²) in [7, 11) is 1.40. The van der Waals surface area contributed by atoms with Crippen LogP contribution in [0.5, 0.6) is 0 Å². The van der Waals surface area contributed by atoms with Crippen LogP contribution in [0.4, 0.5) is 4.79 Å². The topological polar surface area (TPSA) is 101 Å². The van der Waals surface area contributed by atoms with Crippen molar-refractivity contribution in [2.45, 2.75) is 84.8 Å². The van der Waals surface area contributed by atoms with Crippen LogP contribution in [-0.2, 0) is 14.3 Å². The van der Waals surface area contributed by atoms with Gasteiger partial charge in [-0.1, -0.05) is 19.8 Å². The number of aliphatic imine (C=N–C) groups is 1. The highest BCUT2D eigenvalue weighted by Gasteiger charge is 2.18. The zero-order chi connectivity index (χ0) is 21.4. The van der Waals surface area contributed by atoms with E-state index in [1.807, 2.05) is 27.7 Å². The molecular formula is C20H41IN4O4. The van der Waals surface area contributed by atoms with Gasteiger partial charge in [-0.2, -0.15) is 0 Å². The molecule has 29 heavy (non-hydrogen) atoms. The summed E-state index contributed by atoms with van der Waals surface area (Å²) >= 11 is 0. The number of esters is 1. The van der Waals surface area contributed by atoms with Gasteiger partial charge in [-0.15, -0.1) is 24.0 Å². The standard InChI is InChI=1S/C20H40N4O4.HI/c1-7-9-12-16(15-23-19(26)28-20(3,4)5)24-18(21-8-2)22-14-11-10-13-17(25)27-6;/h16H,7-15H2,1-6H3,(H,23,26)(H2,21,22,24);1H. The van der Waals surface area contributed by atoms with E-state index in [0.29, 0.717) is 25.5 Å². The van der Waals surface area contributed by atoms with Crippen molar-refractivity contribution in [1.29, 1.82) is 0 Å². The molecule has 8 nitrogen and oxygen atoms in total. The van der Waals surface area contributed by atoms with Crippen LogP contribution in [0.15, 0.2) is 4.99 Å². The van der Waals surface area contributed by atoms with Gasteiger partial charge in [0.25, 0.3) is 0 Å². The largest absolute Gasteiger partial charge is 0.469 e. The third kappa shape index (κ3) is 18.5. The van der Waals surface area contributed by atoms with Crippen molar-refractivity contribution in [3.05, 3.63) is 0 Å². The molecule has 0 aromatic rings.